The molecule has 1 heterocycles. The SMILES string of the molecule is CCCn1cc(C(=O)O)c(-c2ccccc2)c1. The third-order valence-electron chi connectivity index (χ3n) is 2.68. The van der Waals surface area contributed by atoms with Crippen LogP contribution in [0.1, 0.15) is 23.7 Å². The van der Waals surface area contributed by atoms with Crippen molar-refractivity contribution in [3.8, 4) is 11.1 Å². The summed E-state index contributed by atoms with van der Waals surface area (Å²) < 4.78 is 1.94. The number of rotatable bonds is 4. The van der Waals surface area contributed by atoms with Gasteiger partial charge < -0.3 is 9.67 Å². The maximum atomic E-state index is 11.2. The van der Waals surface area contributed by atoms with Gasteiger partial charge in [0, 0.05) is 24.5 Å². The van der Waals surface area contributed by atoms with Gasteiger partial charge in [-0.2, -0.15) is 0 Å². The summed E-state index contributed by atoms with van der Waals surface area (Å²) in [6.45, 7) is 2.91. The Hall–Kier alpha value is -2.03. The van der Waals surface area contributed by atoms with Crippen LogP contribution in [0.2, 0.25) is 0 Å². The smallest absolute Gasteiger partial charge is 0.337 e. The molecule has 0 unspecified atom stereocenters. The minimum atomic E-state index is -0.876. The molecule has 0 spiro atoms. The van der Waals surface area contributed by atoms with Gasteiger partial charge in [0.2, 0.25) is 0 Å². The van der Waals surface area contributed by atoms with E-state index in [1.807, 2.05) is 41.1 Å². The quantitative estimate of drug-likeness (QED) is 0.874. The molecule has 0 atom stereocenters. The van der Waals surface area contributed by atoms with Crippen molar-refractivity contribution >= 4 is 5.97 Å². The first-order valence-corrected chi connectivity index (χ1v) is 5.71. The van der Waals surface area contributed by atoms with Crippen LogP contribution in [-0.2, 0) is 6.54 Å². The van der Waals surface area contributed by atoms with Crippen LogP contribution in [-0.4, -0.2) is 15.6 Å². The standard InChI is InChI=1S/C14H15NO2/c1-2-8-15-9-12(13(10-15)14(16)17)11-6-4-3-5-7-11/h3-7,9-10H,2,8H2,1H3,(H,16,17). The van der Waals surface area contributed by atoms with Crippen LogP contribution in [0, 0.1) is 0 Å². The Labute approximate surface area is 100 Å². The van der Waals surface area contributed by atoms with Crippen molar-refractivity contribution in [3.63, 3.8) is 0 Å². The lowest BCUT2D eigenvalue weighted by Gasteiger charge is -1.99. The molecule has 1 N–H and O–H groups in total. The number of hydrogen-bond donors (Lipinski definition) is 1. The molecule has 17 heavy (non-hydrogen) atoms. The summed E-state index contributed by atoms with van der Waals surface area (Å²) in [6.07, 6.45) is 4.60. The predicted molar refractivity (Wildman–Crippen MR) is 67.1 cm³/mol. The number of aromatic carboxylic acids is 1. The van der Waals surface area contributed by atoms with Gasteiger partial charge in [-0.25, -0.2) is 4.79 Å². The lowest BCUT2D eigenvalue weighted by Crippen LogP contribution is -1.96. The number of benzene rings is 1. The molecule has 3 nitrogen and oxygen atoms in total. The molecule has 0 saturated carbocycles. The zero-order valence-corrected chi connectivity index (χ0v) is 9.76. The second-order valence-corrected chi connectivity index (χ2v) is 3.99. The number of hydrogen-bond acceptors (Lipinski definition) is 1. The van der Waals surface area contributed by atoms with Crippen LogP contribution in [0.25, 0.3) is 11.1 Å². The summed E-state index contributed by atoms with van der Waals surface area (Å²) in [4.78, 5) is 11.2. The van der Waals surface area contributed by atoms with Gasteiger partial charge in [-0.3, -0.25) is 0 Å². The van der Waals surface area contributed by atoms with E-state index in [1.54, 1.807) is 6.20 Å². The highest BCUT2D eigenvalue weighted by Gasteiger charge is 2.14. The molecule has 1 aromatic heterocycles. The Morgan fingerprint density at radius 2 is 1.94 bits per heavy atom. The molecule has 0 aliphatic carbocycles. The van der Waals surface area contributed by atoms with Crippen molar-refractivity contribution in [1.82, 2.24) is 4.57 Å². The Bertz CT molecular complexity index is 514. The van der Waals surface area contributed by atoms with Crippen molar-refractivity contribution in [2.24, 2.45) is 0 Å². The van der Waals surface area contributed by atoms with Crippen molar-refractivity contribution in [2.75, 3.05) is 0 Å². The van der Waals surface area contributed by atoms with E-state index in [1.165, 1.54) is 0 Å². The number of carboxylic acids is 1. The molecule has 2 aromatic rings. The summed E-state index contributed by atoms with van der Waals surface area (Å²) in [5, 5.41) is 9.20. The minimum absolute atomic E-state index is 0.365. The van der Waals surface area contributed by atoms with Crippen molar-refractivity contribution < 1.29 is 9.90 Å². The van der Waals surface area contributed by atoms with Gasteiger partial charge in [0.05, 0.1) is 5.56 Å². The Morgan fingerprint density at radius 1 is 1.24 bits per heavy atom. The van der Waals surface area contributed by atoms with E-state index in [-0.39, 0.29) is 0 Å². The summed E-state index contributed by atoms with van der Waals surface area (Å²) in [5.41, 5.74) is 2.09. The molecule has 3 heteroatoms. The maximum Gasteiger partial charge on any atom is 0.337 e. The van der Waals surface area contributed by atoms with Crippen LogP contribution in [0.4, 0.5) is 0 Å². The number of nitrogens with zero attached hydrogens (tertiary/aromatic N) is 1. The van der Waals surface area contributed by atoms with Gasteiger partial charge in [-0.05, 0) is 12.0 Å². The molecule has 0 saturated heterocycles. The van der Waals surface area contributed by atoms with Gasteiger partial charge in [0.25, 0.3) is 0 Å². The van der Waals surface area contributed by atoms with Crippen LogP contribution >= 0.6 is 0 Å². The molecule has 88 valence electrons. The fraction of sp³-hybridized carbons (Fsp3) is 0.214. The minimum Gasteiger partial charge on any atom is -0.478 e. The highest BCUT2D eigenvalue weighted by atomic mass is 16.4. The monoisotopic (exact) mass is 229 g/mol. The summed E-state index contributed by atoms with van der Waals surface area (Å²) in [5.74, 6) is -0.876. The number of carbonyl (C=O) groups is 1. The van der Waals surface area contributed by atoms with Crippen molar-refractivity contribution in [1.29, 1.82) is 0 Å². The molecule has 2 rings (SSSR count). The number of carboxylic acid groups (broad SMARTS) is 1. The largest absolute Gasteiger partial charge is 0.478 e. The molecule has 0 radical (unpaired) electrons. The summed E-state index contributed by atoms with van der Waals surface area (Å²) >= 11 is 0. The molecule has 0 bridgehead atoms. The highest BCUT2D eigenvalue weighted by Crippen LogP contribution is 2.24. The average Bonchev–Trinajstić information content (AvgIpc) is 2.75. The lowest BCUT2D eigenvalue weighted by molar-refractivity contribution is 0.0697. The summed E-state index contributed by atoms with van der Waals surface area (Å²) in [7, 11) is 0. The van der Waals surface area contributed by atoms with E-state index < -0.39 is 5.97 Å². The first-order chi connectivity index (χ1) is 8.22. The van der Waals surface area contributed by atoms with Gasteiger partial charge >= 0.3 is 5.97 Å². The third kappa shape index (κ3) is 2.38. The first-order valence-electron chi connectivity index (χ1n) is 5.71. The summed E-state index contributed by atoms with van der Waals surface area (Å²) in [6, 6.07) is 9.61. The Morgan fingerprint density at radius 3 is 2.53 bits per heavy atom. The molecular formula is C14H15NO2. The second-order valence-electron chi connectivity index (χ2n) is 3.99. The van der Waals surface area contributed by atoms with E-state index in [4.69, 9.17) is 0 Å². The van der Waals surface area contributed by atoms with Crippen molar-refractivity contribution in [3.05, 3.63) is 48.3 Å². The second kappa shape index (κ2) is 4.87. The normalized spacial score (nSPS) is 10.4. The molecule has 0 amide bonds. The molecule has 0 aliphatic rings. The lowest BCUT2D eigenvalue weighted by atomic mass is 10.1. The van der Waals surface area contributed by atoms with Gasteiger partial charge in [-0.1, -0.05) is 37.3 Å². The van der Waals surface area contributed by atoms with E-state index in [9.17, 15) is 9.90 Å². The zero-order valence-electron chi connectivity index (χ0n) is 9.76. The number of aryl methyl sites for hydroxylation is 1. The van der Waals surface area contributed by atoms with Gasteiger partial charge in [0.1, 0.15) is 0 Å². The fourth-order valence-electron chi connectivity index (χ4n) is 1.91. The maximum absolute atomic E-state index is 11.2. The predicted octanol–water partition coefficient (Wildman–Crippen LogP) is 3.26. The van der Waals surface area contributed by atoms with Crippen molar-refractivity contribution in [2.45, 2.75) is 19.9 Å². The molecule has 0 fully saturated rings. The van der Waals surface area contributed by atoms with E-state index in [2.05, 4.69) is 6.92 Å². The van der Waals surface area contributed by atoms with Gasteiger partial charge in [0.15, 0.2) is 0 Å². The van der Waals surface area contributed by atoms with E-state index in [0.717, 1.165) is 24.1 Å². The van der Waals surface area contributed by atoms with Crippen LogP contribution < -0.4 is 0 Å². The average molecular weight is 229 g/mol. The van der Waals surface area contributed by atoms with Crippen LogP contribution in [0.3, 0.4) is 0 Å². The van der Waals surface area contributed by atoms with Crippen LogP contribution in [0.15, 0.2) is 42.7 Å². The number of aromatic nitrogens is 1. The highest BCUT2D eigenvalue weighted by molar-refractivity contribution is 5.95. The fourth-order valence-corrected chi connectivity index (χ4v) is 1.91. The molecule has 1 aromatic carbocycles. The Balaban J connectivity index is 2.48. The first kappa shape index (κ1) is 11.5. The van der Waals surface area contributed by atoms with E-state index >= 15 is 0 Å². The Kier molecular flexibility index (Phi) is 3.28. The molecular weight excluding hydrogens is 214 g/mol. The topological polar surface area (TPSA) is 42.2 Å². The van der Waals surface area contributed by atoms with Crippen LogP contribution in [0.5, 0.6) is 0 Å². The zero-order chi connectivity index (χ0) is 12.3. The molecule has 0 aliphatic heterocycles. The van der Waals surface area contributed by atoms with E-state index in [0.29, 0.717) is 5.56 Å². The third-order valence-corrected chi connectivity index (χ3v) is 2.68. The van der Waals surface area contributed by atoms with Gasteiger partial charge in [-0.15, -0.1) is 0 Å².